The van der Waals surface area contributed by atoms with Gasteiger partial charge >= 0.3 is 0 Å². The first-order valence-corrected chi connectivity index (χ1v) is 5.60. The zero-order chi connectivity index (χ0) is 10.1. The van der Waals surface area contributed by atoms with Crippen LogP contribution in [0.3, 0.4) is 0 Å². The monoisotopic (exact) mass is 277 g/mol. The van der Waals surface area contributed by atoms with Crippen LogP contribution < -0.4 is 4.90 Å². The first-order valence-electron chi connectivity index (χ1n) is 4.28. The molecule has 2 heterocycles. The molecule has 1 N–H and O–H groups in total. The molecule has 1 aromatic rings. The predicted octanol–water partition coefficient (Wildman–Crippen LogP) is 1.76. The van der Waals surface area contributed by atoms with Crippen LogP contribution in [0, 0.1) is 5.92 Å². The van der Waals surface area contributed by atoms with E-state index in [9.17, 15) is 4.79 Å². The van der Waals surface area contributed by atoms with Crippen molar-refractivity contribution in [3.05, 3.63) is 10.7 Å². The quantitative estimate of drug-likeness (QED) is 0.838. The topological polar surface area (TPSA) is 49.0 Å². The Morgan fingerprint density at radius 2 is 2.57 bits per heavy atom. The minimum Gasteiger partial charge on any atom is -0.295 e. The van der Waals surface area contributed by atoms with Gasteiger partial charge in [0.2, 0.25) is 5.91 Å². The van der Waals surface area contributed by atoms with Gasteiger partial charge in [-0.15, -0.1) is 11.6 Å². The van der Waals surface area contributed by atoms with Crippen molar-refractivity contribution in [2.24, 2.45) is 5.92 Å². The second-order valence-corrected chi connectivity index (χ2v) is 4.47. The fraction of sp³-hybridized carbons (Fsp3) is 0.500. The lowest BCUT2D eigenvalue weighted by molar-refractivity contribution is -0.117. The number of anilines is 1. The molecule has 14 heavy (non-hydrogen) atoms. The molecule has 2 rings (SSSR count). The van der Waals surface area contributed by atoms with Crippen LogP contribution >= 0.6 is 27.5 Å². The Balaban J connectivity index is 2.16. The number of carbonyl (C=O) groups is 1. The molecule has 1 aliphatic rings. The highest BCUT2D eigenvalue weighted by Crippen LogP contribution is 2.25. The summed E-state index contributed by atoms with van der Waals surface area (Å²) in [5.74, 6) is 1.53. The Bertz CT molecular complexity index is 354. The minimum atomic E-state index is 0.0923. The Kier molecular flexibility index (Phi) is 2.78. The SMILES string of the molecule is O=C1CC(CCl)CN1c1cc(Br)[nH]n1. The van der Waals surface area contributed by atoms with Crippen molar-refractivity contribution in [3.63, 3.8) is 0 Å². The lowest BCUT2D eigenvalue weighted by atomic mass is 10.2. The average Bonchev–Trinajstić information content (AvgIpc) is 2.71. The van der Waals surface area contributed by atoms with E-state index in [1.807, 2.05) is 0 Å². The summed E-state index contributed by atoms with van der Waals surface area (Å²) in [7, 11) is 0. The maximum Gasteiger partial charge on any atom is 0.228 e. The van der Waals surface area contributed by atoms with Crippen molar-refractivity contribution in [1.29, 1.82) is 0 Å². The molecule has 1 saturated heterocycles. The Morgan fingerprint density at radius 1 is 1.79 bits per heavy atom. The molecule has 6 heteroatoms. The van der Waals surface area contributed by atoms with Gasteiger partial charge in [-0.25, -0.2) is 0 Å². The zero-order valence-electron chi connectivity index (χ0n) is 7.33. The molecular formula is C8H9BrClN3O. The van der Waals surface area contributed by atoms with Crippen molar-refractivity contribution in [3.8, 4) is 0 Å². The van der Waals surface area contributed by atoms with Crippen LogP contribution in [0.15, 0.2) is 10.7 Å². The highest BCUT2D eigenvalue weighted by Gasteiger charge is 2.31. The van der Waals surface area contributed by atoms with Crippen LogP contribution in [0.2, 0.25) is 0 Å². The molecule has 0 radical (unpaired) electrons. The molecule has 1 unspecified atom stereocenters. The number of nitrogens with zero attached hydrogens (tertiary/aromatic N) is 2. The highest BCUT2D eigenvalue weighted by atomic mass is 79.9. The average molecular weight is 279 g/mol. The molecule has 1 aromatic heterocycles. The van der Waals surface area contributed by atoms with Crippen molar-refractivity contribution in [2.45, 2.75) is 6.42 Å². The summed E-state index contributed by atoms with van der Waals surface area (Å²) in [4.78, 5) is 13.2. The van der Waals surface area contributed by atoms with E-state index in [1.54, 1.807) is 11.0 Å². The highest BCUT2D eigenvalue weighted by molar-refractivity contribution is 9.10. The Hall–Kier alpha value is -0.550. The maximum atomic E-state index is 11.6. The van der Waals surface area contributed by atoms with Gasteiger partial charge in [-0.1, -0.05) is 0 Å². The number of alkyl halides is 1. The summed E-state index contributed by atoms with van der Waals surface area (Å²) in [5.41, 5.74) is 0. The van der Waals surface area contributed by atoms with Gasteiger partial charge in [0, 0.05) is 24.9 Å². The van der Waals surface area contributed by atoms with Gasteiger partial charge in [0.15, 0.2) is 5.82 Å². The predicted molar refractivity (Wildman–Crippen MR) is 57.5 cm³/mol. The summed E-state index contributed by atoms with van der Waals surface area (Å²) >= 11 is 8.96. The van der Waals surface area contributed by atoms with E-state index >= 15 is 0 Å². The van der Waals surface area contributed by atoms with E-state index in [-0.39, 0.29) is 11.8 Å². The van der Waals surface area contributed by atoms with Crippen LogP contribution in [0.4, 0.5) is 5.82 Å². The van der Waals surface area contributed by atoms with Gasteiger partial charge in [0.1, 0.15) is 4.60 Å². The van der Waals surface area contributed by atoms with Gasteiger partial charge in [-0.3, -0.25) is 14.8 Å². The fourth-order valence-electron chi connectivity index (χ4n) is 1.53. The van der Waals surface area contributed by atoms with Crippen LogP contribution in [-0.4, -0.2) is 28.5 Å². The number of rotatable bonds is 2. The number of aromatic amines is 1. The molecular weight excluding hydrogens is 269 g/mol. The summed E-state index contributed by atoms with van der Waals surface area (Å²) in [6.07, 6.45) is 0.522. The smallest absolute Gasteiger partial charge is 0.228 e. The second-order valence-electron chi connectivity index (χ2n) is 3.30. The number of hydrogen-bond acceptors (Lipinski definition) is 2. The molecule has 1 amide bonds. The molecule has 1 aliphatic heterocycles. The van der Waals surface area contributed by atoms with E-state index in [1.165, 1.54) is 0 Å². The minimum absolute atomic E-state index is 0.0923. The number of amides is 1. The first-order chi connectivity index (χ1) is 6.70. The van der Waals surface area contributed by atoms with Gasteiger partial charge in [-0.2, -0.15) is 5.10 Å². The molecule has 0 saturated carbocycles. The van der Waals surface area contributed by atoms with Crippen LogP contribution in [0.1, 0.15) is 6.42 Å². The van der Waals surface area contributed by atoms with Crippen LogP contribution in [0.25, 0.3) is 0 Å². The molecule has 0 aromatic carbocycles. The third-order valence-electron chi connectivity index (χ3n) is 2.23. The summed E-state index contributed by atoms with van der Waals surface area (Å²) in [6.45, 7) is 0.666. The number of nitrogens with one attached hydrogen (secondary N) is 1. The number of aromatic nitrogens is 2. The molecule has 4 nitrogen and oxygen atoms in total. The molecule has 76 valence electrons. The summed E-state index contributed by atoms with van der Waals surface area (Å²) in [6, 6.07) is 1.79. The van der Waals surface area contributed by atoms with Crippen molar-refractivity contribution >= 4 is 39.3 Å². The molecule has 0 bridgehead atoms. The number of hydrogen-bond donors (Lipinski definition) is 1. The van der Waals surface area contributed by atoms with E-state index in [2.05, 4.69) is 26.1 Å². The number of halogens is 2. The van der Waals surface area contributed by atoms with Gasteiger partial charge in [-0.05, 0) is 21.8 Å². The van der Waals surface area contributed by atoms with Crippen molar-refractivity contribution < 1.29 is 4.79 Å². The van der Waals surface area contributed by atoms with E-state index in [0.717, 1.165) is 4.60 Å². The molecule has 0 spiro atoms. The molecule has 1 fully saturated rings. The Morgan fingerprint density at radius 3 is 3.07 bits per heavy atom. The first kappa shape index (κ1) is 9.98. The van der Waals surface area contributed by atoms with Crippen molar-refractivity contribution in [2.75, 3.05) is 17.3 Å². The number of carbonyl (C=O) groups excluding carboxylic acids is 1. The standard InChI is InChI=1S/C8H9BrClN3O/c9-6-2-7(12-11-6)13-4-5(3-10)1-8(13)14/h2,5H,1,3-4H2,(H,11,12). The van der Waals surface area contributed by atoms with Gasteiger partial charge < -0.3 is 0 Å². The maximum absolute atomic E-state index is 11.6. The summed E-state index contributed by atoms with van der Waals surface area (Å²) < 4.78 is 0.773. The van der Waals surface area contributed by atoms with E-state index in [4.69, 9.17) is 11.6 Å². The van der Waals surface area contributed by atoms with E-state index in [0.29, 0.717) is 24.7 Å². The lowest BCUT2D eigenvalue weighted by Crippen LogP contribution is -2.24. The third kappa shape index (κ3) is 1.79. The zero-order valence-corrected chi connectivity index (χ0v) is 9.68. The summed E-state index contributed by atoms with van der Waals surface area (Å²) in [5, 5.41) is 6.75. The van der Waals surface area contributed by atoms with Gasteiger partial charge in [0.25, 0.3) is 0 Å². The van der Waals surface area contributed by atoms with E-state index < -0.39 is 0 Å². The Labute approximate surface area is 94.7 Å². The van der Waals surface area contributed by atoms with Crippen LogP contribution in [0.5, 0.6) is 0 Å². The van der Waals surface area contributed by atoms with Crippen molar-refractivity contribution in [1.82, 2.24) is 10.2 Å². The lowest BCUT2D eigenvalue weighted by Gasteiger charge is -2.11. The normalized spacial score (nSPS) is 22.0. The fourth-order valence-corrected chi connectivity index (χ4v) is 2.03. The largest absolute Gasteiger partial charge is 0.295 e. The van der Waals surface area contributed by atoms with Crippen LogP contribution in [-0.2, 0) is 4.79 Å². The van der Waals surface area contributed by atoms with Gasteiger partial charge in [0.05, 0.1) is 0 Å². The third-order valence-corrected chi connectivity index (χ3v) is 3.08. The second kappa shape index (κ2) is 3.90. The molecule has 0 aliphatic carbocycles. The molecule has 1 atom stereocenters. The number of H-pyrrole nitrogens is 1.